The van der Waals surface area contributed by atoms with Gasteiger partial charge in [-0.1, -0.05) is 6.58 Å². The van der Waals surface area contributed by atoms with Crippen molar-refractivity contribution in [3.8, 4) is 0 Å². The Balaban J connectivity index is 1.75. The van der Waals surface area contributed by atoms with Gasteiger partial charge in [0.2, 0.25) is 5.91 Å². The molecule has 156 valence electrons. The largest absolute Gasteiger partial charge is 0.354 e. The van der Waals surface area contributed by atoms with Crippen molar-refractivity contribution in [2.75, 3.05) is 37.4 Å². The Kier molecular flexibility index (Phi) is 6.46. The summed E-state index contributed by atoms with van der Waals surface area (Å²) in [6.07, 6.45) is 2.82. The lowest BCUT2D eigenvalue weighted by Crippen LogP contribution is -2.36. The second kappa shape index (κ2) is 9.21. The van der Waals surface area contributed by atoms with E-state index in [1.807, 2.05) is 0 Å². The van der Waals surface area contributed by atoms with Gasteiger partial charge in [-0.05, 0) is 48.9 Å². The van der Waals surface area contributed by atoms with Crippen LogP contribution < -0.4 is 15.5 Å². The first kappa shape index (κ1) is 21.0. The molecule has 1 aliphatic rings. The smallest absolute Gasteiger partial charge is 0.253 e. The molecule has 1 saturated heterocycles. The molecular formula is C22H25N5O3. The summed E-state index contributed by atoms with van der Waals surface area (Å²) in [6, 6.07) is 10.5. The number of carbonyl (C=O) groups excluding carboxylic acids is 3. The molecular weight excluding hydrogens is 382 g/mol. The molecule has 1 aliphatic heterocycles. The van der Waals surface area contributed by atoms with Crippen LogP contribution in [0.1, 0.15) is 27.1 Å². The van der Waals surface area contributed by atoms with Crippen LogP contribution in [-0.4, -0.2) is 61.2 Å². The van der Waals surface area contributed by atoms with Crippen LogP contribution in [0.3, 0.4) is 0 Å². The third-order valence-corrected chi connectivity index (χ3v) is 4.88. The van der Waals surface area contributed by atoms with E-state index in [0.717, 1.165) is 30.8 Å². The van der Waals surface area contributed by atoms with E-state index in [9.17, 15) is 14.4 Å². The topological polar surface area (TPSA) is 94.6 Å². The van der Waals surface area contributed by atoms with Crippen molar-refractivity contribution in [2.24, 2.45) is 0 Å². The number of anilines is 3. The van der Waals surface area contributed by atoms with Crippen LogP contribution in [0.25, 0.3) is 0 Å². The van der Waals surface area contributed by atoms with Crippen molar-refractivity contribution < 1.29 is 14.4 Å². The zero-order valence-corrected chi connectivity index (χ0v) is 17.1. The van der Waals surface area contributed by atoms with E-state index in [0.29, 0.717) is 23.5 Å². The molecule has 0 aliphatic carbocycles. The molecule has 1 fully saturated rings. The zero-order chi connectivity index (χ0) is 21.7. The van der Waals surface area contributed by atoms with Gasteiger partial charge in [0.05, 0.1) is 5.56 Å². The van der Waals surface area contributed by atoms with Gasteiger partial charge < -0.3 is 20.4 Å². The molecule has 1 atom stereocenters. The van der Waals surface area contributed by atoms with Crippen molar-refractivity contribution in [3.05, 3.63) is 60.2 Å². The summed E-state index contributed by atoms with van der Waals surface area (Å²) >= 11 is 0. The Morgan fingerprint density at radius 3 is 2.57 bits per heavy atom. The van der Waals surface area contributed by atoms with Crippen LogP contribution in [0, 0.1) is 0 Å². The van der Waals surface area contributed by atoms with E-state index in [1.54, 1.807) is 50.5 Å². The summed E-state index contributed by atoms with van der Waals surface area (Å²) < 4.78 is 0. The first-order valence-electron chi connectivity index (χ1n) is 9.64. The highest BCUT2D eigenvalue weighted by Gasteiger charge is 2.24. The lowest BCUT2D eigenvalue weighted by Gasteiger charge is -2.19. The molecule has 1 aromatic heterocycles. The summed E-state index contributed by atoms with van der Waals surface area (Å²) in [5.41, 5.74) is 1.73. The van der Waals surface area contributed by atoms with E-state index in [1.165, 1.54) is 11.0 Å². The fraction of sp³-hybridized carbons (Fsp3) is 0.273. The lowest BCUT2D eigenvalue weighted by molar-refractivity contribution is -0.117. The predicted octanol–water partition coefficient (Wildman–Crippen LogP) is 2.22. The SMILES string of the molecule is C=CC(=O)N[C@H]1CCN(c2ccc(C=O)c(Nc3ccc(C(=O)N(C)C)cc3)n2)C1. The lowest BCUT2D eigenvalue weighted by atomic mass is 10.2. The van der Waals surface area contributed by atoms with Gasteiger partial charge in [0.25, 0.3) is 5.91 Å². The third kappa shape index (κ3) is 4.83. The molecule has 3 rings (SSSR count). The highest BCUT2D eigenvalue weighted by molar-refractivity contribution is 5.94. The zero-order valence-electron chi connectivity index (χ0n) is 17.1. The minimum Gasteiger partial charge on any atom is -0.354 e. The first-order chi connectivity index (χ1) is 14.4. The molecule has 2 aromatic rings. The predicted molar refractivity (Wildman–Crippen MR) is 116 cm³/mol. The van der Waals surface area contributed by atoms with Gasteiger partial charge in [-0.2, -0.15) is 0 Å². The summed E-state index contributed by atoms with van der Waals surface area (Å²) in [5.74, 6) is 0.887. The van der Waals surface area contributed by atoms with Crippen LogP contribution in [0.4, 0.5) is 17.3 Å². The number of hydrogen-bond donors (Lipinski definition) is 2. The number of nitrogens with one attached hydrogen (secondary N) is 2. The molecule has 0 unspecified atom stereocenters. The molecule has 8 heteroatoms. The number of benzene rings is 1. The van der Waals surface area contributed by atoms with E-state index in [2.05, 4.69) is 27.1 Å². The second-order valence-corrected chi connectivity index (χ2v) is 7.27. The van der Waals surface area contributed by atoms with Gasteiger partial charge in [-0.25, -0.2) is 4.98 Å². The number of aromatic nitrogens is 1. The average molecular weight is 407 g/mol. The molecule has 0 bridgehead atoms. The Labute approximate surface area is 175 Å². The number of nitrogens with zero attached hydrogens (tertiary/aromatic N) is 3. The fourth-order valence-electron chi connectivity index (χ4n) is 3.27. The standard InChI is InChI=1S/C22H25N5O3/c1-4-20(29)23-18-11-12-27(13-18)19-10-7-16(14-28)21(25-19)24-17-8-5-15(6-9-17)22(30)26(2)3/h4-10,14,18H,1,11-13H2,2-3H3,(H,23,29)(H,24,25)/t18-/m0/s1. The number of pyridine rings is 1. The minimum absolute atomic E-state index is 0.0289. The van der Waals surface area contributed by atoms with Crippen molar-refractivity contribution in [3.63, 3.8) is 0 Å². The summed E-state index contributed by atoms with van der Waals surface area (Å²) in [7, 11) is 3.40. The van der Waals surface area contributed by atoms with Crippen molar-refractivity contribution >= 4 is 35.4 Å². The molecule has 0 spiro atoms. The van der Waals surface area contributed by atoms with Crippen molar-refractivity contribution in [1.82, 2.24) is 15.2 Å². The van der Waals surface area contributed by atoms with Gasteiger partial charge in [0.1, 0.15) is 11.6 Å². The highest BCUT2D eigenvalue weighted by atomic mass is 16.2. The van der Waals surface area contributed by atoms with E-state index < -0.39 is 0 Å². The second-order valence-electron chi connectivity index (χ2n) is 7.27. The van der Waals surface area contributed by atoms with Crippen LogP contribution in [0.2, 0.25) is 0 Å². The van der Waals surface area contributed by atoms with Crippen LogP contribution in [0.15, 0.2) is 49.1 Å². The molecule has 30 heavy (non-hydrogen) atoms. The van der Waals surface area contributed by atoms with Gasteiger partial charge in [0.15, 0.2) is 6.29 Å². The summed E-state index contributed by atoms with van der Waals surface area (Å²) in [4.78, 5) is 43.2. The van der Waals surface area contributed by atoms with Gasteiger partial charge >= 0.3 is 0 Å². The van der Waals surface area contributed by atoms with Gasteiger partial charge in [-0.3, -0.25) is 14.4 Å². The summed E-state index contributed by atoms with van der Waals surface area (Å²) in [5, 5.41) is 6.06. The molecule has 0 saturated carbocycles. The maximum atomic E-state index is 12.0. The van der Waals surface area contributed by atoms with E-state index in [4.69, 9.17) is 0 Å². The van der Waals surface area contributed by atoms with Gasteiger partial charge in [0, 0.05) is 44.5 Å². The van der Waals surface area contributed by atoms with E-state index >= 15 is 0 Å². The molecule has 2 N–H and O–H groups in total. The molecule has 2 amide bonds. The Morgan fingerprint density at radius 2 is 1.93 bits per heavy atom. The molecule has 2 heterocycles. The maximum Gasteiger partial charge on any atom is 0.253 e. The number of rotatable bonds is 7. The number of amides is 2. The normalized spacial score (nSPS) is 15.4. The number of aldehydes is 1. The van der Waals surface area contributed by atoms with Crippen molar-refractivity contribution in [2.45, 2.75) is 12.5 Å². The van der Waals surface area contributed by atoms with E-state index in [-0.39, 0.29) is 17.9 Å². The number of hydrogen-bond acceptors (Lipinski definition) is 6. The Bertz CT molecular complexity index is 956. The monoisotopic (exact) mass is 407 g/mol. The van der Waals surface area contributed by atoms with Crippen molar-refractivity contribution in [1.29, 1.82) is 0 Å². The van der Waals surface area contributed by atoms with Crippen LogP contribution in [0.5, 0.6) is 0 Å². The number of carbonyl (C=O) groups is 3. The third-order valence-electron chi connectivity index (χ3n) is 4.88. The average Bonchev–Trinajstić information content (AvgIpc) is 3.22. The fourth-order valence-corrected chi connectivity index (χ4v) is 3.27. The molecule has 0 radical (unpaired) electrons. The first-order valence-corrected chi connectivity index (χ1v) is 9.64. The van der Waals surface area contributed by atoms with Crippen LogP contribution in [-0.2, 0) is 4.79 Å². The molecule has 8 nitrogen and oxygen atoms in total. The Hall–Kier alpha value is -3.68. The van der Waals surface area contributed by atoms with Crippen LogP contribution >= 0.6 is 0 Å². The highest BCUT2D eigenvalue weighted by Crippen LogP contribution is 2.25. The maximum absolute atomic E-state index is 12.0. The quantitative estimate of drug-likeness (QED) is 0.540. The minimum atomic E-state index is -0.190. The summed E-state index contributed by atoms with van der Waals surface area (Å²) in [6.45, 7) is 4.85. The molecule has 1 aromatic carbocycles. The van der Waals surface area contributed by atoms with Gasteiger partial charge in [-0.15, -0.1) is 0 Å². The Morgan fingerprint density at radius 1 is 1.20 bits per heavy atom.